The number of carbonyl (C=O) groups is 2. The summed E-state index contributed by atoms with van der Waals surface area (Å²) in [6.45, 7) is 5.09. The van der Waals surface area contributed by atoms with Gasteiger partial charge in [0.15, 0.2) is 6.61 Å². The summed E-state index contributed by atoms with van der Waals surface area (Å²) in [7, 11) is 0. The number of allylic oxidation sites excluding steroid dienone is 4. The highest BCUT2D eigenvalue weighted by atomic mass is 35.5. The lowest BCUT2D eigenvalue weighted by molar-refractivity contribution is -0.137. The maximum atomic E-state index is 13.2. The van der Waals surface area contributed by atoms with Crippen molar-refractivity contribution in [3.05, 3.63) is 70.4 Å². The molecular formula is C24H31ClFN5O3. The van der Waals surface area contributed by atoms with Crippen molar-refractivity contribution in [1.82, 2.24) is 20.4 Å². The number of nitrogens with one attached hydrogen (secondary N) is 2. The number of hydrogen-bond donors (Lipinski definition) is 3. The second-order valence-electron chi connectivity index (χ2n) is 8.22. The van der Waals surface area contributed by atoms with Crippen LogP contribution in [0.25, 0.3) is 0 Å². The zero-order valence-electron chi connectivity index (χ0n) is 19.2. The number of hydrogen-bond acceptors (Lipinski definition) is 5. The normalized spacial score (nSPS) is 18.9. The fourth-order valence-corrected chi connectivity index (χ4v) is 3.94. The molecule has 1 atom stereocenters. The summed E-state index contributed by atoms with van der Waals surface area (Å²) in [4.78, 5) is 29.0. The molecule has 1 aliphatic carbocycles. The van der Waals surface area contributed by atoms with Gasteiger partial charge in [0.2, 0.25) is 0 Å². The number of amides is 3. The van der Waals surface area contributed by atoms with E-state index in [-0.39, 0.29) is 24.4 Å². The van der Waals surface area contributed by atoms with Crippen LogP contribution in [0.4, 0.5) is 9.18 Å². The Morgan fingerprint density at radius 3 is 2.74 bits per heavy atom. The number of carbonyl (C=O) groups excluding carboxylic acids is 2. The Kier molecular flexibility index (Phi) is 9.50. The molecule has 10 heteroatoms. The number of piperazine rings is 1. The molecule has 0 bridgehead atoms. The third kappa shape index (κ3) is 7.58. The number of urea groups is 1. The average molecular weight is 492 g/mol. The second-order valence-corrected chi connectivity index (χ2v) is 8.71. The van der Waals surface area contributed by atoms with Crippen LogP contribution in [0.15, 0.2) is 59.0 Å². The molecular weight excluding hydrogens is 461 g/mol. The molecule has 3 rings (SSSR count). The topological polar surface area (TPSA) is 99.9 Å². The maximum Gasteiger partial charge on any atom is 0.319 e. The minimum atomic E-state index is -0.435. The average Bonchev–Trinajstić information content (AvgIpc) is 2.99. The van der Waals surface area contributed by atoms with E-state index in [2.05, 4.69) is 22.5 Å². The quantitative estimate of drug-likeness (QED) is 0.518. The van der Waals surface area contributed by atoms with E-state index < -0.39 is 6.03 Å². The van der Waals surface area contributed by atoms with E-state index in [1.165, 1.54) is 12.1 Å². The smallest absolute Gasteiger partial charge is 0.319 e. The highest BCUT2D eigenvalue weighted by molar-refractivity contribution is 6.29. The maximum absolute atomic E-state index is 13.2. The van der Waals surface area contributed by atoms with Crippen LogP contribution in [0.5, 0.6) is 0 Å². The largest absolute Gasteiger partial charge is 0.482 e. The molecule has 0 radical (unpaired) electrons. The van der Waals surface area contributed by atoms with Gasteiger partial charge in [0.05, 0.1) is 5.70 Å². The van der Waals surface area contributed by atoms with Crippen LogP contribution in [0.2, 0.25) is 0 Å². The van der Waals surface area contributed by atoms with E-state index in [0.717, 1.165) is 5.56 Å². The molecule has 1 aromatic rings. The van der Waals surface area contributed by atoms with Gasteiger partial charge in [-0.05, 0) is 36.8 Å². The van der Waals surface area contributed by atoms with Crippen molar-refractivity contribution in [3.8, 4) is 0 Å². The Labute approximate surface area is 204 Å². The van der Waals surface area contributed by atoms with Gasteiger partial charge in [0.25, 0.3) is 5.91 Å². The molecule has 1 heterocycles. The summed E-state index contributed by atoms with van der Waals surface area (Å²) in [6.07, 6.45) is 5.60. The summed E-state index contributed by atoms with van der Waals surface area (Å²) in [5, 5.41) is 5.85. The van der Waals surface area contributed by atoms with Gasteiger partial charge in [0.1, 0.15) is 11.6 Å². The first-order valence-corrected chi connectivity index (χ1v) is 11.6. The number of rotatable bonds is 8. The van der Waals surface area contributed by atoms with E-state index in [1.807, 2.05) is 0 Å². The van der Waals surface area contributed by atoms with E-state index in [1.54, 1.807) is 35.3 Å². The molecule has 2 aliphatic rings. The van der Waals surface area contributed by atoms with Crippen LogP contribution >= 0.6 is 11.6 Å². The van der Waals surface area contributed by atoms with Crippen molar-refractivity contribution in [2.75, 3.05) is 39.3 Å². The Balaban J connectivity index is 1.56. The lowest BCUT2D eigenvalue weighted by Gasteiger charge is -2.39. The molecule has 0 aromatic heterocycles. The molecule has 1 fully saturated rings. The fraction of sp³-hybridized carbons (Fsp3) is 0.417. The van der Waals surface area contributed by atoms with Crippen molar-refractivity contribution >= 4 is 23.5 Å². The highest BCUT2D eigenvalue weighted by Gasteiger charge is 2.27. The Morgan fingerprint density at radius 2 is 2.03 bits per heavy atom. The van der Waals surface area contributed by atoms with Crippen molar-refractivity contribution in [2.45, 2.75) is 25.9 Å². The lowest BCUT2D eigenvalue weighted by Crippen LogP contribution is -2.53. The number of ether oxygens (including phenoxy) is 1. The molecule has 34 heavy (non-hydrogen) atoms. The standard InChI is InChI=1S/C24H31ClFN5O3/c1-17-14-31(12-11-30(17)15-18-5-7-20(26)8-6-18)23(32)16-34-22-4-2-3-19(25)13-21(22)29-24(33)28-10-9-27/h2,4-8,13,17H,3,9-12,14-16,27H2,1H3,(H2,28,29,33). The first-order valence-electron chi connectivity index (χ1n) is 11.3. The molecule has 184 valence electrons. The molecule has 0 spiro atoms. The fourth-order valence-electron chi connectivity index (χ4n) is 3.74. The third-order valence-electron chi connectivity index (χ3n) is 5.59. The molecule has 1 unspecified atom stereocenters. The summed E-state index contributed by atoms with van der Waals surface area (Å²) in [5.41, 5.74) is 6.82. The zero-order valence-corrected chi connectivity index (χ0v) is 20.0. The second kappa shape index (κ2) is 12.5. The van der Waals surface area contributed by atoms with Gasteiger partial charge in [-0.2, -0.15) is 0 Å². The summed E-state index contributed by atoms with van der Waals surface area (Å²) in [5.74, 6) is -0.0338. The first-order chi connectivity index (χ1) is 16.4. The summed E-state index contributed by atoms with van der Waals surface area (Å²) < 4.78 is 18.9. The van der Waals surface area contributed by atoms with Crippen molar-refractivity contribution < 1.29 is 18.7 Å². The molecule has 3 amide bonds. The zero-order chi connectivity index (χ0) is 24.5. The summed E-state index contributed by atoms with van der Waals surface area (Å²) >= 11 is 6.18. The Bertz CT molecular complexity index is 964. The van der Waals surface area contributed by atoms with E-state index in [9.17, 15) is 14.0 Å². The van der Waals surface area contributed by atoms with Gasteiger partial charge >= 0.3 is 6.03 Å². The van der Waals surface area contributed by atoms with Gasteiger partial charge < -0.3 is 26.0 Å². The Morgan fingerprint density at radius 1 is 1.26 bits per heavy atom. The predicted octanol–water partition coefficient (Wildman–Crippen LogP) is 2.43. The number of nitrogens with zero attached hydrogens (tertiary/aromatic N) is 2. The number of benzene rings is 1. The minimum absolute atomic E-state index is 0.138. The summed E-state index contributed by atoms with van der Waals surface area (Å²) in [6, 6.07) is 6.19. The predicted molar refractivity (Wildman–Crippen MR) is 129 cm³/mol. The molecule has 1 aromatic carbocycles. The third-order valence-corrected chi connectivity index (χ3v) is 5.86. The van der Waals surface area contributed by atoms with Crippen LogP contribution in [0, 0.1) is 5.82 Å². The SMILES string of the molecule is CC1CN(C(=O)COC2=C(NC(=O)NCCN)C=C(Cl)CC=C2)CCN1Cc1ccc(F)cc1. The van der Waals surface area contributed by atoms with E-state index >= 15 is 0 Å². The molecule has 0 saturated carbocycles. The molecule has 8 nitrogen and oxygen atoms in total. The van der Waals surface area contributed by atoms with Crippen molar-refractivity contribution in [3.63, 3.8) is 0 Å². The highest BCUT2D eigenvalue weighted by Crippen LogP contribution is 2.20. The van der Waals surface area contributed by atoms with Gasteiger partial charge in [-0.15, -0.1) is 0 Å². The van der Waals surface area contributed by atoms with Crippen LogP contribution in [0.1, 0.15) is 18.9 Å². The van der Waals surface area contributed by atoms with Crippen LogP contribution in [-0.2, 0) is 16.1 Å². The van der Waals surface area contributed by atoms with Crippen molar-refractivity contribution in [2.24, 2.45) is 5.73 Å². The van der Waals surface area contributed by atoms with Gasteiger partial charge in [-0.3, -0.25) is 9.69 Å². The number of halogens is 2. The van der Waals surface area contributed by atoms with Crippen LogP contribution in [0.3, 0.4) is 0 Å². The van der Waals surface area contributed by atoms with Gasteiger partial charge in [0, 0.05) is 56.8 Å². The van der Waals surface area contributed by atoms with Crippen molar-refractivity contribution in [1.29, 1.82) is 0 Å². The molecule has 1 aliphatic heterocycles. The van der Waals surface area contributed by atoms with Crippen LogP contribution in [-0.4, -0.2) is 67.1 Å². The first kappa shape index (κ1) is 25.7. The van der Waals surface area contributed by atoms with Crippen LogP contribution < -0.4 is 16.4 Å². The molecule has 4 N–H and O–H groups in total. The Hall–Kier alpha value is -2.88. The number of nitrogens with two attached hydrogens (primary N) is 1. The van der Waals surface area contributed by atoms with E-state index in [0.29, 0.717) is 62.2 Å². The minimum Gasteiger partial charge on any atom is -0.482 e. The molecule has 1 saturated heterocycles. The van der Waals surface area contributed by atoms with E-state index in [4.69, 9.17) is 22.1 Å². The lowest BCUT2D eigenvalue weighted by atomic mass is 10.1. The van der Waals surface area contributed by atoms with Gasteiger partial charge in [-0.25, -0.2) is 9.18 Å². The van der Waals surface area contributed by atoms with Gasteiger partial charge in [-0.1, -0.05) is 29.8 Å². The monoisotopic (exact) mass is 491 g/mol.